The van der Waals surface area contributed by atoms with Gasteiger partial charge in [0.15, 0.2) is 0 Å². The van der Waals surface area contributed by atoms with Crippen molar-refractivity contribution < 1.29 is 4.79 Å². The highest BCUT2D eigenvalue weighted by molar-refractivity contribution is 5.74. The number of urea groups is 1. The van der Waals surface area contributed by atoms with Crippen molar-refractivity contribution in [1.82, 2.24) is 20.6 Å². The molecule has 0 aliphatic carbocycles. The first-order chi connectivity index (χ1) is 7.08. The molecule has 0 saturated carbocycles. The van der Waals surface area contributed by atoms with E-state index in [0.717, 1.165) is 17.9 Å². The molecule has 1 aromatic rings. The van der Waals surface area contributed by atoms with Crippen LogP contribution in [0.15, 0.2) is 6.20 Å². The quantitative estimate of drug-likeness (QED) is 0.693. The van der Waals surface area contributed by atoms with Gasteiger partial charge in [0.1, 0.15) is 5.82 Å². The number of carbonyl (C=O) groups is 1. The van der Waals surface area contributed by atoms with Crippen molar-refractivity contribution >= 4 is 6.03 Å². The normalized spacial score (nSPS) is 10.4. The highest BCUT2D eigenvalue weighted by Gasteiger charge is 2.02. The fraction of sp³-hybridized carbons (Fsp3) is 0.600. The van der Waals surface area contributed by atoms with Crippen molar-refractivity contribution in [2.24, 2.45) is 0 Å². The molecule has 0 aliphatic heterocycles. The van der Waals surface area contributed by atoms with Crippen LogP contribution in [0, 0.1) is 6.92 Å². The molecule has 0 bridgehead atoms. The van der Waals surface area contributed by atoms with E-state index in [-0.39, 0.29) is 12.1 Å². The Balaban J connectivity index is 2.19. The average Bonchev–Trinajstić information content (AvgIpc) is 2.50. The number of nitrogens with one attached hydrogen (secondary N) is 3. The fourth-order valence-corrected chi connectivity index (χ4v) is 1.22. The summed E-state index contributed by atoms with van der Waals surface area (Å²) in [6.45, 7) is 6.37. The number of carbonyl (C=O) groups excluding carboxylic acids is 1. The van der Waals surface area contributed by atoms with E-state index in [1.165, 1.54) is 0 Å². The summed E-state index contributed by atoms with van der Waals surface area (Å²) in [6.07, 6.45) is 2.56. The van der Waals surface area contributed by atoms with Crippen molar-refractivity contribution in [2.75, 3.05) is 6.54 Å². The summed E-state index contributed by atoms with van der Waals surface area (Å²) in [7, 11) is 0. The molecule has 15 heavy (non-hydrogen) atoms. The first kappa shape index (κ1) is 11.6. The maximum absolute atomic E-state index is 11.2. The van der Waals surface area contributed by atoms with Crippen molar-refractivity contribution in [3.63, 3.8) is 0 Å². The maximum atomic E-state index is 11.2. The summed E-state index contributed by atoms with van der Waals surface area (Å²) in [6, 6.07) is 0.0423. The lowest BCUT2D eigenvalue weighted by atomic mass is 10.3. The van der Waals surface area contributed by atoms with E-state index >= 15 is 0 Å². The summed E-state index contributed by atoms with van der Waals surface area (Å²) >= 11 is 0. The van der Waals surface area contributed by atoms with Gasteiger partial charge in [-0.3, -0.25) is 0 Å². The first-order valence-electron chi connectivity index (χ1n) is 5.13. The molecule has 0 saturated heterocycles. The van der Waals surface area contributed by atoms with Crippen LogP contribution in [0.25, 0.3) is 0 Å². The topological polar surface area (TPSA) is 69.8 Å². The van der Waals surface area contributed by atoms with Crippen LogP contribution in [0.2, 0.25) is 0 Å². The number of hydrogen-bond acceptors (Lipinski definition) is 2. The molecule has 0 aliphatic rings. The second-order valence-corrected chi connectivity index (χ2v) is 3.80. The SMILES string of the molecule is Cc1ncc(CCNC(=O)NC(C)C)[nH]1. The third-order valence-corrected chi connectivity index (χ3v) is 1.86. The molecule has 0 fully saturated rings. The zero-order valence-electron chi connectivity index (χ0n) is 9.42. The number of H-pyrrole nitrogens is 1. The minimum Gasteiger partial charge on any atom is -0.346 e. The van der Waals surface area contributed by atoms with E-state index in [0.29, 0.717) is 6.54 Å². The lowest BCUT2D eigenvalue weighted by molar-refractivity contribution is 0.238. The Hall–Kier alpha value is -1.52. The predicted octanol–water partition coefficient (Wildman–Crippen LogP) is 0.968. The van der Waals surface area contributed by atoms with Gasteiger partial charge in [0.2, 0.25) is 0 Å². The van der Waals surface area contributed by atoms with Crippen molar-refractivity contribution in [3.05, 3.63) is 17.7 Å². The third-order valence-electron chi connectivity index (χ3n) is 1.86. The Bertz CT molecular complexity index is 319. The van der Waals surface area contributed by atoms with Crippen molar-refractivity contribution in [3.8, 4) is 0 Å². The molecule has 0 aromatic carbocycles. The van der Waals surface area contributed by atoms with Gasteiger partial charge < -0.3 is 15.6 Å². The summed E-state index contributed by atoms with van der Waals surface area (Å²) in [5, 5.41) is 5.53. The van der Waals surface area contributed by atoms with Gasteiger partial charge in [-0.25, -0.2) is 9.78 Å². The first-order valence-corrected chi connectivity index (χ1v) is 5.13. The highest BCUT2D eigenvalue weighted by atomic mass is 16.2. The lowest BCUT2D eigenvalue weighted by Crippen LogP contribution is -2.40. The number of rotatable bonds is 4. The molecule has 0 atom stereocenters. The maximum Gasteiger partial charge on any atom is 0.314 e. The van der Waals surface area contributed by atoms with Crippen LogP contribution in [0.4, 0.5) is 4.79 Å². The number of aromatic amines is 1. The fourth-order valence-electron chi connectivity index (χ4n) is 1.22. The van der Waals surface area contributed by atoms with Crippen LogP contribution < -0.4 is 10.6 Å². The number of amides is 2. The van der Waals surface area contributed by atoms with E-state index in [4.69, 9.17) is 0 Å². The summed E-state index contributed by atoms with van der Waals surface area (Å²) in [4.78, 5) is 18.4. The molecule has 3 N–H and O–H groups in total. The second kappa shape index (κ2) is 5.38. The minimum atomic E-state index is -0.124. The monoisotopic (exact) mass is 210 g/mol. The second-order valence-electron chi connectivity index (χ2n) is 3.80. The van der Waals surface area contributed by atoms with Gasteiger partial charge in [0.25, 0.3) is 0 Å². The van der Waals surface area contributed by atoms with Crippen LogP contribution in [0.1, 0.15) is 25.4 Å². The largest absolute Gasteiger partial charge is 0.346 e. The van der Waals surface area contributed by atoms with Gasteiger partial charge in [0.05, 0.1) is 0 Å². The molecule has 84 valence electrons. The smallest absolute Gasteiger partial charge is 0.314 e. The Morgan fingerprint density at radius 1 is 1.60 bits per heavy atom. The van der Waals surface area contributed by atoms with E-state index in [9.17, 15) is 4.79 Å². The summed E-state index contributed by atoms with van der Waals surface area (Å²) < 4.78 is 0. The number of aryl methyl sites for hydroxylation is 1. The van der Waals surface area contributed by atoms with Gasteiger partial charge in [-0.1, -0.05) is 0 Å². The molecular formula is C10H18N4O. The molecule has 5 nitrogen and oxygen atoms in total. The Morgan fingerprint density at radius 3 is 2.87 bits per heavy atom. The van der Waals surface area contributed by atoms with Gasteiger partial charge in [-0.05, 0) is 20.8 Å². The Morgan fingerprint density at radius 2 is 2.33 bits per heavy atom. The Kier molecular flexibility index (Phi) is 4.15. The number of aromatic nitrogens is 2. The van der Waals surface area contributed by atoms with Gasteiger partial charge in [0, 0.05) is 30.9 Å². The number of imidazole rings is 1. The minimum absolute atomic E-state index is 0.124. The highest BCUT2D eigenvalue weighted by Crippen LogP contribution is 1.95. The lowest BCUT2D eigenvalue weighted by Gasteiger charge is -2.09. The van der Waals surface area contributed by atoms with Gasteiger partial charge >= 0.3 is 6.03 Å². The zero-order valence-corrected chi connectivity index (χ0v) is 9.42. The molecular weight excluding hydrogens is 192 g/mol. The molecule has 0 radical (unpaired) electrons. The Labute approximate surface area is 89.7 Å². The van der Waals surface area contributed by atoms with Crippen molar-refractivity contribution in [1.29, 1.82) is 0 Å². The number of nitrogens with zero attached hydrogens (tertiary/aromatic N) is 1. The molecule has 1 aromatic heterocycles. The van der Waals surface area contributed by atoms with Gasteiger partial charge in [-0.15, -0.1) is 0 Å². The standard InChI is InChI=1S/C10H18N4O/c1-7(2)13-10(15)11-5-4-9-6-12-8(3)14-9/h6-7H,4-5H2,1-3H3,(H,12,14)(H2,11,13,15). The molecule has 1 heterocycles. The summed E-state index contributed by atoms with van der Waals surface area (Å²) in [5.41, 5.74) is 1.04. The zero-order chi connectivity index (χ0) is 11.3. The molecule has 0 spiro atoms. The van der Waals surface area contributed by atoms with Crippen LogP contribution in [0.3, 0.4) is 0 Å². The van der Waals surface area contributed by atoms with E-state index in [1.807, 2.05) is 20.8 Å². The molecule has 0 unspecified atom stereocenters. The summed E-state index contributed by atoms with van der Waals surface area (Å²) in [5.74, 6) is 0.900. The van der Waals surface area contributed by atoms with Crippen LogP contribution >= 0.6 is 0 Å². The molecule has 5 heteroatoms. The van der Waals surface area contributed by atoms with Gasteiger partial charge in [-0.2, -0.15) is 0 Å². The van der Waals surface area contributed by atoms with E-state index in [2.05, 4.69) is 20.6 Å². The van der Waals surface area contributed by atoms with E-state index in [1.54, 1.807) is 6.20 Å². The molecule has 2 amide bonds. The average molecular weight is 210 g/mol. The van der Waals surface area contributed by atoms with Crippen LogP contribution in [0.5, 0.6) is 0 Å². The van der Waals surface area contributed by atoms with Crippen LogP contribution in [-0.2, 0) is 6.42 Å². The van der Waals surface area contributed by atoms with E-state index < -0.39 is 0 Å². The predicted molar refractivity (Wildman–Crippen MR) is 58.7 cm³/mol. The van der Waals surface area contributed by atoms with Crippen molar-refractivity contribution in [2.45, 2.75) is 33.2 Å². The number of hydrogen-bond donors (Lipinski definition) is 3. The third kappa shape index (κ3) is 4.49. The van der Waals surface area contributed by atoms with Crippen LogP contribution in [-0.4, -0.2) is 28.6 Å². The molecule has 1 rings (SSSR count).